The Labute approximate surface area is 195 Å². The average Bonchev–Trinajstić information content (AvgIpc) is 2.82. The summed E-state index contributed by atoms with van der Waals surface area (Å²) in [6, 6.07) is 11.1. The highest BCUT2D eigenvalue weighted by Crippen LogP contribution is 2.35. The van der Waals surface area contributed by atoms with E-state index >= 15 is 0 Å². The number of nitrogens with zero attached hydrogens (tertiary/aromatic N) is 3. The van der Waals surface area contributed by atoms with Crippen molar-refractivity contribution in [3.63, 3.8) is 0 Å². The van der Waals surface area contributed by atoms with Crippen LogP contribution in [0.15, 0.2) is 42.5 Å². The van der Waals surface area contributed by atoms with E-state index in [0.717, 1.165) is 17.7 Å². The van der Waals surface area contributed by atoms with E-state index in [-0.39, 0.29) is 44.4 Å². The lowest BCUT2D eigenvalue weighted by Gasteiger charge is -2.42. The second-order valence-electron chi connectivity index (χ2n) is 7.95. The van der Waals surface area contributed by atoms with E-state index < -0.39 is 29.3 Å². The van der Waals surface area contributed by atoms with Gasteiger partial charge >= 0.3 is 6.18 Å². The number of benzene rings is 2. The molecule has 1 saturated heterocycles. The molecule has 2 aromatic carbocycles. The number of halogens is 3. The SMILES string of the molecule is COCCNC(=O)C1CN(C(=O)c2cccc(C)c2)CCN1c1ccc(C#N)c(C(F)(F)F)c1. The van der Waals surface area contributed by atoms with Crippen molar-refractivity contribution in [3.05, 3.63) is 64.7 Å². The van der Waals surface area contributed by atoms with Crippen LogP contribution in [-0.4, -0.2) is 62.7 Å². The summed E-state index contributed by atoms with van der Waals surface area (Å²) < 4.78 is 45.5. The minimum Gasteiger partial charge on any atom is -0.383 e. The summed E-state index contributed by atoms with van der Waals surface area (Å²) in [4.78, 5) is 29.1. The van der Waals surface area contributed by atoms with Crippen molar-refractivity contribution in [1.82, 2.24) is 10.2 Å². The fourth-order valence-electron chi connectivity index (χ4n) is 3.90. The summed E-state index contributed by atoms with van der Waals surface area (Å²) in [5.41, 5.74) is -0.0175. The zero-order chi connectivity index (χ0) is 24.9. The van der Waals surface area contributed by atoms with Gasteiger partial charge in [0.1, 0.15) is 6.04 Å². The van der Waals surface area contributed by atoms with Gasteiger partial charge in [0.2, 0.25) is 5.91 Å². The molecule has 1 aliphatic heterocycles. The number of rotatable bonds is 6. The van der Waals surface area contributed by atoms with E-state index in [1.54, 1.807) is 29.2 Å². The third kappa shape index (κ3) is 5.66. The van der Waals surface area contributed by atoms with Gasteiger partial charge in [0, 0.05) is 38.0 Å². The van der Waals surface area contributed by atoms with Crippen molar-refractivity contribution in [2.75, 3.05) is 44.8 Å². The van der Waals surface area contributed by atoms with Gasteiger partial charge in [0.05, 0.1) is 30.3 Å². The second-order valence-corrected chi connectivity index (χ2v) is 7.95. The summed E-state index contributed by atoms with van der Waals surface area (Å²) in [6.45, 7) is 2.70. The molecule has 0 radical (unpaired) electrons. The number of hydrogen-bond acceptors (Lipinski definition) is 5. The maximum atomic E-state index is 13.5. The Balaban J connectivity index is 1.92. The molecule has 1 heterocycles. The lowest BCUT2D eigenvalue weighted by atomic mass is 10.0. The molecule has 3 rings (SSSR count). The Morgan fingerprint density at radius 2 is 1.97 bits per heavy atom. The number of aryl methyl sites for hydroxylation is 1. The van der Waals surface area contributed by atoms with Crippen molar-refractivity contribution in [2.45, 2.75) is 19.1 Å². The fraction of sp³-hybridized carbons (Fsp3) is 0.375. The average molecular weight is 474 g/mol. The molecule has 1 aliphatic rings. The molecule has 2 aromatic rings. The third-order valence-corrected chi connectivity index (χ3v) is 5.60. The quantitative estimate of drug-likeness (QED) is 0.651. The lowest BCUT2D eigenvalue weighted by Crippen LogP contribution is -2.60. The minimum atomic E-state index is -4.72. The molecule has 1 unspecified atom stereocenters. The van der Waals surface area contributed by atoms with E-state index in [1.165, 1.54) is 18.1 Å². The number of nitrogens with one attached hydrogen (secondary N) is 1. The molecular weight excluding hydrogens is 449 g/mol. The highest BCUT2D eigenvalue weighted by molar-refractivity contribution is 5.95. The van der Waals surface area contributed by atoms with Gasteiger partial charge in [0.25, 0.3) is 5.91 Å². The first-order chi connectivity index (χ1) is 16.2. The smallest absolute Gasteiger partial charge is 0.383 e. The predicted octanol–water partition coefficient (Wildman–Crippen LogP) is 2.98. The van der Waals surface area contributed by atoms with E-state index in [4.69, 9.17) is 10.00 Å². The van der Waals surface area contributed by atoms with Crippen LogP contribution in [-0.2, 0) is 15.7 Å². The number of methoxy groups -OCH3 is 1. The monoisotopic (exact) mass is 474 g/mol. The zero-order valence-electron chi connectivity index (χ0n) is 18.9. The van der Waals surface area contributed by atoms with Crippen molar-refractivity contribution in [1.29, 1.82) is 5.26 Å². The maximum absolute atomic E-state index is 13.5. The molecule has 0 aliphatic carbocycles. The highest BCUT2D eigenvalue weighted by Gasteiger charge is 2.38. The van der Waals surface area contributed by atoms with Crippen LogP contribution in [0.25, 0.3) is 0 Å². The van der Waals surface area contributed by atoms with Crippen LogP contribution in [0.1, 0.15) is 27.0 Å². The summed E-state index contributed by atoms with van der Waals surface area (Å²) >= 11 is 0. The molecule has 1 atom stereocenters. The molecule has 0 aromatic heterocycles. The van der Waals surface area contributed by atoms with Gasteiger partial charge in [-0.1, -0.05) is 17.7 Å². The number of nitriles is 1. The summed E-state index contributed by atoms with van der Waals surface area (Å²) in [6.07, 6.45) is -4.72. The van der Waals surface area contributed by atoms with Gasteiger partial charge in [-0.3, -0.25) is 9.59 Å². The van der Waals surface area contributed by atoms with Crippen molar-refractivity contribution < 1.29 is 27.5 Å². The van der Waals surface area contributed by atoms with Crippen LogP contribution in [0.3, 0.4) is 0 Å². The van der Waals surface area contributed by atoms with E-state index in [0.29, 0.717) is 5.56 Å². The van der Waals surface area contributed by atoms with Crippen molar-refractivity contribution in [3.8, 4) is 6.07 Å². The first-order valence-electron chi connectivity index (χ1n) is 10.7. The molecular formula is C24H25F3N4O3. The predicted molar refractivity (Wildman–Crippen MR) is 119 cm³/mol. The molecule has 34 heavy (non-hydrogen) atoms. The lowest BCUT2D eigenvalue weighted by molar-refractivity contribution is -0.137. The van der Waals surface area contributed by atoms with Gasteiger partial charge < -0.3 is 19.9 Å². The van der Waals surface area contributed by atoms with Gasteiger partial charge in [-0.15, -0.1) is 0 Å². The minimum absolute atomic E-state index is 0.00700. The van der Waals surface area contributed by atoms with Crippen LogP contribution in [0.5, 0.6) is 0 Å². The molecule has 0 bridgehead atoms. The Hall–Kier alpha value is -3.58. The molecule has 1 fully saturated rings. The van der Waals surface area contributed by atoms with E-state index in [9.17, 15) is 22.8 Å². The number of alkyl halides is 3. The number of carbonyl (C=O) groups is 2. The summed E-state index contributed by atoms with van der Waals surface area (Å²) in [5, 5.41) is 11.8. The number of hydrogen-bond donors (Lipinski definition) is 1. The topological polar surface area (TPSA) is 85.7 Å². The molecule has 1 N–H and O–H groups in total. The first-order valence-corrected chi connectivity index (χ1v) is 10.7. The number of carbonyl (C=O) groups excluding carboxylic acids is 2. The number of amides is 2. The van der Waals surface area contributed by atoms with Gasteiger partial charge in [-0.25, -0.2) is 0 Å². The molecule has 180 valence electrons. The molecule has 0 spiro atoms. The van der Waals surface area contributed by atoms with E-state index in [1.807, 2.05) is 13.0 Å². The maximum Gasteiger partial charge on any atom is 0.417 e. The summed E-state index contributed by atoms with van der Waals surface area (Å²) in [7, 11) is 1.48. The molecule has 2 amide bonds. The van der Waals surface area contributed by atoms with Crippen LogP contribution >= 0.6 is 0 Å². The van der Waals surface area contributed by atoms with E-state index in [2.05, 4.69) is 5.32 Å². The highest BCUT2D eigenvalue weighted by atomic mass is 19.4. The Kier molecular flexibility index (Phi) is 7.79. The second kappa shape index (κ2) is 10.6. The molecule has 0 saturated carbocycles. The number of piperazine rings is 1. The molecule has 10 heteroatoms. The number of anilines is 1. The van der Waals surface area contributed by atoms with Gasteiger partial charge in [0.15, 0.2) is 0 Å². The van der Waals surface area contributed by atoms with Crippen LogP contribution in [0.2, 0.25) is 0 Å². The Morgan fingerprint density at radius 1 is 1.21 bits per heavy atom. The number of ether oxygens (including phenoxy) is 1. The van der Waals surface area contributed by atoms with Crippen molar-refractivity contribution >= 4 is 17.5 Å². The first kappa shape index (κ1) is 25.1. The Morgan fingerprint density at radius 3 is 2.62 bits per heavy atom. The Bertz CT molecular complexity index is 1100. The molecule has 7 nitrogen and oxygen atoms in total. The third-order valence-electron chi connectivity index (χ3n) is 5.60. The summed E-state index contributed by atoms with van der Waals surface area (Å²) in [5.74, 6) is -0.689. The largest absolute Gasteiger partial charge is 0.417 e. The van der Waals surface area contributed by atoms with Gasteiger partial charge in [-0.05, 0) is 37.3 Å². The zero-order valence-corrected chi connectivity index (χ0v) is 18.9. The standard InChI is InChI=1S/C24H25F3N4O3/c1-16-4-3-5-17(12-16)23(33)30-9-10-31(21(15-30)22(32)29-8-11-34-2)19-7-6-18(14-28)20(13-19)24(25,26)27/h3-7,12-13,21H,8-11,15H2,1-2H3,(H,29,32). The van der Waals surface area contributed by atoms with Crippen molar-refractivity contribution in [2.24, 2.45) is 0 Å². The normalized spacial score (nSPS) is 16.2. The fourth-order valence-corrected chi connectivity index (χ4v) is 3.90. The van der Waals surface area contributed by atoms with Crippen LogP contribution in [0.4, 0.5) is 18.9 Å². The van der Waals surface area contributed by atoms with Gasteiger partial charge in [-0.2, -0.15) is 18.4 Å². The van der Waals surface area contributed by atoms with Crippen LogP contribution in [0, 0.1) is 18.3 Å². The van der Waals surface area contributed by atoms with Crippen LogP contribution < -0.4 is 10.2 Å².